The molecule has 0 aromatic heterocycles. The van der Waals surface area contributed by atoms with Crippen molar-refractivity contribution < 1.29 is 19.1 Å². The summed E-state index contributed by atoms with van der Waals surface area (Å²) in [6.45, 7) is 2.98. The SMILES string of the molecule is CC=CCC(=O)N1CCCN1C(=O)C=Cc1cc(OC)ccc1OC. The fourth-order valence-corrected chi connectivity index (χ4v) is 2.64. The Hall–Kier alpha value is -2.76. The van der Waals surface area contributed by atoms with E-state index in [1.165, 1.54) is 16.1 Å². The maximum atomic E-state index is 12.5. The minimum Gasteiger partial charge on any atom is -0.497 e. The van der Waals surface area contributed by atoms with E-state index < -0.39 is 0 Å². The lowest BCUT2D eigenvalue weighted by Gasteiger charge is -2.26. The largest absolute Gasteiger partial charge is 0.497 e. The van der Waals surface area contributed by atoms with Crippen LogP contribution in [0.15, 0.2) is 36.4 Å². The van der Waals surface area contributed by atoms with E-state index in [4.69, 9.17) is 9.47 Å². The van der Waals surface area contributed by atoms with Crippen LogP contribution in [0.3, 0.4) is 0 Å². The Kier molecular flexibility index (Phi) is 6.62. The molecule has 1 aliphatic heterocycles. The van der Waals surface area contributed by atoms with Gasteiger partial charge in [-0.3, -0.25) is 14.6 Å². The highest BCUT2D eigenvalue weighted by Crippen LogP contribution is 2.25. The van der Waals surface area contributed by atoms with E-state index in [9.17, 15) is 9.59 Å². The Morgan fingerprint density at radius 2 is 1.92 bits per heavy atom. The molecule has 0 radical (unpaired) electrons. The van der Waals surface area contributed by atoms with Gasteiger partial charge in [0, 0.05) is 31.1 Å². The maximum Gasteiger partial charge on any atom is 0.265 e. The van der Waals surface area contributed by atoms with Crippen molar-refractivity contribution in [1.82, 2.24) is 10.0 Å². The van der Waals surface area contributed by atoms with E-state index in [2.05, 4.69) is 0 Å². The average molecular weight is 344 g/mol. The van der Waals surface area contributed by atoms with E-state index in [0.29, 0.717) is 31.0 Å². The molecule has 134 valence electrons. The summed E-state index contributed by atoms with van der Waals surface area (Å²) < 4.78 is 10.5. The summed E-state index contributed by atoms with van der Waals surface area (Å²) in [5.41, 5.74) is 0.737. The van der Waals surface area contributed by atoms with Gasteiger partial charge in [-0.1, -0.05) is 12.2 Å². The number of hydrogen-bond acceptors (Lipinski definition) is 4. The molecule has 1 saturated heterocycles. The van der Waals surface area contributed by atoms with E-state index in [1.807, 2.05) is 13.0 Å². The van der Waals surface area contributed by atoms with Crippen LogP contribution in [0.2, 0.25) is 0 Å². The van der Waals surface area contributed by atoms with E-state index in [0.717, 1.165) is 12.0 Å². The molecule has 6 heteroatoms. The zero-order valence-corrected chi connectivity index (χ0v) is 14.9. The molecule has 6 nitrogen and oxygen atoms in total. The molecule has 0 aliphatic carbocycles. The monoisotopic (exact) mass is 344 g/mol. The van der Waals surface area contributed by atoms with Crippen molar-refractivity contribution in [3.8, 4) is 11.5 Å². The molecule has 0 atom stereocenters. The van der Waals surface area contributed by atoms with E-state index in [1.54, 1.807) is 44.6 Å². The average Bonchev–Trinajstić information content (AvgIpc) is 3.13. The zero-order valence-electron chi connectivity index (χ0n) is 14.9. The number of hydrazine groups is 1. The number of benzene rings is 1. The second-order valence-corrected chi connectivity index (χ2v) is 5.55. The molecular weight excluding hydrogens is 320 g/mol. The topological polar surface area (TPSA) is 59.1 Å². The second kappa shape index (κ2) is 8.92. The fourth-order valence-electron chi connectivity index (χ4n) is 2.64. The Balaban J connectivity index is 2.12. The fraction of sp³-hybridized carbons (Fsp3) is 0.368. The minimum atomic E-state index is -0.226. The Bertz CT molecular complexity index is 682. The highest BCUT2D eigenvalue weighted by atomic mass is 16.5. The van der Waals surface area contributed by atoms with Gasteiger partial charge in [0.05, 0.1) is 14.2 Å². The molecular formula is C19H24N2O4. The number of amides is 2. The number of carbonyl (C=O) groups excluding carboxylic acids is 2. The minimum absolute atomic E-state index is 0.0729. The molecule has 2 rings (SSSR count). The smallest absolute Gasteiger partial charge is 0.265 e. The Morgan fingerprint density at radius 1 is 1.16 bits per heavy atom. The number of carbonyl (C=O) groups is 2. The molecule has 0 spiro atoms. The summed E-state index contributed by atoms with van der Waals surface area (Å²) in [5, 5.41) is 3.02. The molecule has 0 saturated carbocycles. The van der Waals surface area contributed by atoms with Gasteiger partial charge in [-0.15, -0.1) is 0 Å². The van der Waals surface area contributed by atoms with Gasteiger partial charge in [0.2, 0.25) is 5.91 Å². The van der Waals surface area contributed by atoms with Crippen molar-refractivity contribution in [3.63, 3.8) is 0 Å². The van der Waals surface area contributed by atoms with E-state index >= 15 is 0 Å². The number of hydrogen-bond donors (Lipinski definition) is 0. The molecule has 1 aromatic carbocycles. The number of ether oxygens (including phenoxy) is 2. The van der Waals surface area contributed by atoms with Crippen LogP contribution in [0, 0.1) is 0 Å². The van der Waals surface area contributed by atoms with Gasteiger partial charge in [-0.05, 0) is 37.6 Å². The Morgan fingerprint density at radius 3 is 2.60 bits per heavy atom. The Labute approximate surface area is 148 Å². The molecule has 1 fully saturated rings. The van der Waals surface area contributed by atoms with Gasteiger partial charge < -0.3 is 9.47 Å². The lowest BCUT2D eigenvalue weighted by atomic mass is 10.1. The molecule has 0 N–H and O–H groups in total. The number of methoxy groups -OCH3 is 2. The normalized spacial score (nSPS) is 14.5. The van der Waals surface area contributed by atoms with Crippen molar-refractivity contribution in [2.75, 3.05) is 27.3 Å². The summed E-state index contributed by atoms with van der Waals surface area (Å²) in [6, 6.07) is 5.37. The van der Waals surface area contributed by atoms with Gasteiger partial charge in [0.25, 0.3) is 5.91 Å². The number of nitrogens with zero attached hydrogens (tertiary/aromatic N) is 2. The van der Waals surface area contributed by atoms with Crippen LogP contribution in [-0.4, -0.2) is 49.1 Å². The third-order valence-corrected chi connectivity index (χ3v) is 3.94. The first kappa shape index (κ1) is 18.6. The third-order valence-electron chi connectivity index (χ3n) is 3.94. The summed E-state index contributed by atoms with van der Waals surface area (Å²) in [4.78, 5) is 24.7. The first-order valence-corrected chi connectivity index (χ1v) is 8.23. The predicted octanol–water partition coefficient (Wildman–Crippen LogP) is 2.66. The third kappa shape index (κ3) is 4.62. The highest BCUT2D eigenvalue weighted by molar-refractivity contribution is 5.94. The molecule has 1 heterocycles. The van der Waals surface area contributed by atoms with E-state index in [-0.39, 0.29) is 11.8 Å². The van der Waals surface area contributed by atoms with Crippen LogP contribution in [0.4, 0.5) is 0 Å². The summed E-state index contributed by atoms with van der Waals surface area (Å²) in [5.74, 6) is 1.03. The van der Waals surface area contributed by atoms with Crippen molar-refractivity contribution in [3.05, 3.63) is 42.0 Å². The van der Waals surface area contributed by atoms with Crippen LogP contribution < -0.4 is 9.47 Å². The second-order valence-electron chi connectivity index (χ2n) is 5.55. The predicted molar refractivity (Wildman–Crippen MR) is 96.1 cm³/mol. The van der Waals surface area contributed by atoms with Gasteiger partial charge in [-0.25, -0.2) is 5.01 Å². The van der Waals surface area contributed by atoms with Gasteiger partial charge in [0.1, 0.15) is 11.5 Å². The molecule has 1 aliphatic rings. The number of allylic oxidation sites excluding steroid dienone is 1. The molecule has 1 aromatic rings. The van der Waals surface area contributed by atoms with Crippen molar-refractivity contribution >= 4 is 17.9 Å². The summed E-state index contributed by atoms with van der Waals surface area (Å²) in [7, 11) is 3.15. The standard InChI is InChI=1S/C19H24N2O4/c1-4-5-7-18(22)20-12-6-13-21(20)19(23)11-8-15-14-16(24-2)9-10-17(15)25-3/h4-5,8-11,14H,6-7,12-13H2,1-3H3. The van der Waals surface area contributed by atoms with Crippen molar-refractivity contribution in [2.45, 2.75) is 19.8 Å². The molecule has 0 unspecified atom stereocenters. The highest BCUT2D eigenvalue weighted by Gasteiger charge is 2.28. The van der Waals surface area contributed by atoms with Gasteiger partial charge in [0.15, 0.2) is 0 Å². The van der Waals surface area contributed by atoms with Gasteiger partial charge >= 0.3 is 0 Å². The zero-order chi connectivity index (χ0) is 18.2. The summed E-state index contributed by atoms with van der Waals surface area (Å²) in [6.07, 6.45) is 7.84. The van der Waals surface area contributed by atoms with Crippen LogP contribution in [0.5, 0.6) is 11.5 Å². The van der Waals surface area contributed by atoms with Gasteiger partial charge in [-0.2, -0.15) is 0 Å². The van der Waals surface area contributed by atoms with Crippen LogP contribution in [0.25, 0.3) is 6.08 Å². The van der Waals surface area contributed by atoms with Crippen molar-refractivity contribution in [2.24, 2.45) is 0 Å². The molecule has 25 heavy (non-hydrogen) atoms. The van der Waals surface area contributed by atoms with Crippen molar-refractivity contribution in [1.29, 1.82) is 0 Å². The quantitative estimate of drug-likeness (QED) is 0.588. The first-order valence-electron chi connectivity index (χ1n) is 8.23. The van der Waals surface area contributed by atoms with Crippen LogP contribution in [0.1, 0.15) is 25.3 Å². The molecule has 0 bridgehead atoms. The number of rotatable bonds is 6. The van der Waals surface area contributed by atoms with Crippen LogP contribution >= 0.6 is 0 Å². The summed E-state index contributed by atoms with van der Waals surface area (Å²) >= 11 is 0. The maximum absolute atomic E-state index is 12.5. The lowest BCUT2D eigenvalue weighted by molar-refractivity contribution is -0.154. The van der Waals surface area contributed by atoms with Crippen LogP contribution in [-0.2, 0) is 9.59 Å². The molecule has 2 amide bonds. The lowest BCUT2D eigenvalue weighted by Crippen LogP contribution is -2.43. The first-order chi connectivity index (χ1) is 12.1.